The fourth-order valence-electron chi connectivity index (χ4n) is 4.79. The number of H-pyrrole nitrogens is 1. The zero-order chi connectivity index (χ0) is 25.1. The van der Waals surface area contributed by atoms with Crippen molar-refractivity contribution in [2.75, 3.05) is 6.61 Å². The van der Waals surface area contributed by atoms with Crippen molar-refractivity contribution in [3.63, 3.8) is 0 Å². The molecule has 4 aromatic rings. The lowest BCUT2D eigenvalue weighted by Gasteiger charge is -2.36. The number of benzene rings is 3. The summed E-state index contributed by atoms with van der Waals surface area (Å²) >= 11 is 0. The molecule has 1 saturated heterocycles. The molecular weight excluding hydrogens is 458 g/mol. The number of aromatic nitrogens is 2. The van der Waals surface area contributed by atoms with Gasteiger partial charge in [0.05, 0.1) is 6.61 Å². The van der Waals surface area contributed by atoms with E-state index < -0.39 is 35.4 Å². The number of ether oxygens (including phenoxy) is 2. The van der Waals surface area contributed by atoms with Crippen LogP contribution in [-0.4, -0.2) is 28.4 Å². The molecule has 1 aliphatic rings. The Bertz CT molecular complexity index is 1320. The minimum Gasteiger partial charge on any atom is -0.358 e. The molecule has 1 aromatic heterocycles. The van der Waals surface area contributed by atoms with Crippen molar-refractivity contribution in [2.24, 2.45) is 0 Å². The van der Waals surface area contributed by atoms with Crippen molar-refractivity contribution in [2.45, 2.75) is 37.4 Å². The topological polar surface area (TPSA) is 73.3 Å². The number of nitrogens with one attached hydrogen (secondary N) is 1. The Morgan fingerprint density at radius 1 is 0.917 bits per heavy atom. The first-order valence-corrected chi connectivity index (χ1v) is 11.9. The average Bonchev–Trinajstić information content (AvgIpc) is 3.28. The highest BCUT2D eigenvalue weighted by Crippen LogP contribution is 2.41. The lowest BCUT2D eigenvalue weighted by molar-refractivity contribution is -0.0868. The molecule has 0 radical (unpaired) electrons. The summed E-state index contributed by atoms with van der Waals surface area (Å²) in [6, 6.07) is 29.5. The lowest BCUT2D eigenvalue weighted by atomic mass is 9.80. The fourth-order valence-corrected chi connectivity index (χ4v) is 4.79. The Labute approximate surface area is 208 Å². The molecule has 3 atom stereocenters. The van der Waals surface area contributed by atoms with Crippen molar-refractivity contribution in [3.8, 4) is 0 Å². The van der Waals surface area contributed by atoms with Gasteiger partial charge in [-0.3, -0.25) is 14.3 Å². The minimum absolute atomic E-state index is 0.0194. The third-order valence-electron chi connectivity index (χ3n) is 6.62. The maximum Gasteiger partial charge on any atom is 0.330 e. The van der Waals surface area contributed by atoms with Crippen LogP contribution in [0.15, 0.2) is 107 Å². The molecule has 1 N–H and O–H groups in total. The second-order valence-corrected chi connectivity index (χ2v) is 8.95. The number of rotatable bonds is 7. The summed E-state index contributed by atoms with van der Waals surface area (Å²) in [5, 5.41) is 0. The summed E-state index contributed by atoms with van der Waals surface area (Å²) in [4.78, 5) is 26.3. The molecular formula is C29H27FN2O4. The van der Waals surface area contributed by atoms with Crippen molar-refractivity contribution in [1.29, 1.82) is 0 Å². The Balaban J connectivity index is 1.50. The molecule has 3 aromatic carbocycles. The van der Waals surface area contributed by atoms with Gasteiger partial charge in [-0.05, 0) is 23.6 Å². The first-order chi connectivity index (χ1) is 17.5. The van der Waals surface area contributed by atoms with Crippen LogP contribution in [0.4, 0.5) is 4.39 Å². The van der Waals surface area contributed by atoms with Gasteiger partial charge >= 0.3 is 5.69 Å². The molecule has 0 amide bonds. The molecule has 0 bridgehead atoms. The molecule has 5 rings (SSSR count). The smallest absolute Gasteiger partial charge is 0.330 e. The Morgan fingerprint density at radius 2 is 1.42 bits per heavy atom. The van der Waals surface area contributed by atoms with Crippen molar-refractivity contribution in [3.05, 3.63) is 140 Å². The van der Waals surface area contributed by atoms with E-state index in [1.807, 2.05) is 91.0 Å². The van der Waals surface area contributed by atoms with Crippen LogP contribution in [0.25, 0.3) is 0 Å². The van der Waals surface area contributed by atoms with Gasteiger partial charge in [-0.15, -0.1) is 0 Å². The van der Waals surface area contributed by atoms with Gasteiger partial charge in [0, 0.05) is 18.2 Å². The third-order valence-corrected chi connectivity index (χ3v) is 6.62. The SMILES string of the molecule is Cc1cn([C@H]2C[C@H]([18F])[C@@H](COC(c3ccccc3)(c3ccccc3)c3ccccc3)O2)c(=O)[nH]c1=O. The summed E-state index contributed by atoms with van der Waals surface area (Å²) in [5.74, 6) is 0. The third kappa shape index (κ3) is 4.43. The predicted molar refractivity (Wildman–Crippen MR) is 135 cm³/mol. The minimum atomic E-state index is -1.35. The van der Waals surface area contributed by atoms with E-state index in [1.54, 1.807) is 6.92 Å². The van der Waals surface area contributed by atoms with Crippen molar-refractivity contribution >= 4 is 0 Å². The van der Waals surface area contributed by atoms with Gasteiger partial charge in [0.25, 0.3) is 5.56 Å². The summed E-state index contributed by atoms with van der Waals surface area (Å²) < 4.78 is 29.1. The number of aryl methyl sites for hydroxylation is 1. The first-order valence-electron chi connectivity index (χ1n) is 11.9. The standard InChI is InChI=1S/C29H27FN2O4/c1-20-18-32(28(34)31-27(20)33)26-17-24(30)25(36-26)19-35-29(21-11-5-2-6-12-21,22-13-7-3-8-14-22)23-15-9-4-10-16-23/h2-16,18,24-26H,17,19H2,1H3,(H,31,33,34)/t24-,25+,26+/m0/s1/i30-1. The Kier molecular flexibility index (Phi) is 6.67. The van der Waals surface area contributed by atoms with Gasteiger partial charge in [0.2, 0.25) is 0 Å². The van der Waals surface area contributed by atoms with E-state index in [0.29, 0.717) is 5.56 Å². The van der Waals surface area contributed by atoms with E-state index >= 15 is 4.39 Å². The molecule has 2 heterocycles. The molecule has 0 spiro atoms. The molecule has 184 valence electrons. The molecule has 1 fully saturated rings. The zero-order valence-electron chi connectivity index (χ0n) is 19.8. The number of hydrogen-bond donors (Lipinski definition) is 1. The lowest BCUT2D eigenvalue weighted by Crippen LogP contribution is -2.37. The normalized spacial score (nSPS) is 19.9. The summed E-state index contributed by atoms with van der Waals surface area (Å²) in [6.07, 6.45) is -1.70. The van der Waals surface area contributed by atoms with Gasteiger partial charge in [0.15, 0.2) is 0 Å². The largest absolute Gasteiger partial charge is 0.358 e. The van der Waals surface area contributed by atoms with Crippen LogP contribution in [0.3, 0.4) is 0 Å². The van der Waals surface area contributed by atoms with Crippen LogP contribution in [0.5, 0.6) is 0 Å². The highest BCUT2D eigenvalue weighted by atomic mass is 18.2. The molecule has 7 heteroatoms. The van der Waals surface area contributed by atoms with E-state index in [-0.39, 0.29) is 13.0 Å². The maximum absolute atomic E-state index is 15.2. The summed E-state index contributed by atoms with van der Waals surface area (Å²) in [6.45, 7) is 1.54. The van der Waals surface area contributed by atoms with Crippen LogP contribution in [0.2, 0.25) is 0 Å². The van der Waals surface area contributed by atoms with E-state index in [9.17, 15) is 9.59 Å². The second-order valence-electron chi connectivity index (χ2n) is 8.95. The van der Waals surface area contributed by atoms with Crippen LogP contribution >= 0.6 is 0 Å². The van der Waals surface area contributed by atoms with Crippen LogP contribution in [-0.2, 0) is 15.1 Å². The average molecular weight is 486 g/mol. The molecule has 0 unspecified atom stereocenters. The Hall–Kier alpha value is -3.81. The van der Waals surface area contributed by atoms with E-state index in [1.165, 1.54) is 10.8 Å². The summed E-state index contributed by atoms with van der Waals surface area (Å²) in [5.41, 5.74) is 0.959. The summed E-state index contributed by atoms with van der Waals surface area (Å²) in [7, 11) is 0. The van der Waals surface area contributed by atoms with E-state index in [4.69, 9.17) is 9.47 Å². The quantitative estimate of drug-likeness (QED) is 0.392. The molecule has 36 heavy (non-hydrogen) atoms. The molecule has 0 aliphatic carbocycles. The fraction of sp³-hybridized carbons (Fsp3) is 0.241. The maximum atomic E-state index is 15.2. The van der Waals surface area contributed by atoms with Gasteiger partial charge in [-0.25, -0.2) is 9.18 Å². The zero-order valence-corrected chi connectivity index (χ0v) is 19.8. The predicted octanol–water partition coefficient (Wildman–Crippen LogP) is 4.48. The number of alkyl halides is 1. The van der Waals surface area contributed by atoms with Crippen LogP contribution in [0.1, 0.15) is 34.9 Å². The number of hydrogen-bond acceptors (Lipinski definition) is 4. The number of nitrogens with zero attached hydrogens (tertiary/aromatic N) is 1. The van der Waals surface area contributed by atoms with Crippen LogP contribution in [0, 0.1) is 6.92 Å². The first kappa shape index (κ1) is 23.9. The number of halogens is 1. The molecule has 0 saturated carbocycles. The second kappa shape index (κ2) is 10.0. The van der Waals surface area contributed by atoms with Gasteiger partial charge in [0.1, 0.15) is 24.1 Å². The van der Waals surface area contributed by atoms with Gasteiger partial charge < -0.3 is 9.47 Å². The van der Waals surface area contributed by atoms with E-state index in [2.05, 4.69) is 4.98 Å². The molecule has 6 nitrogen and oxygen atoms in total. The number of aromatic amines is 1. The van der Waals surface area contributed by atoms with Crippen molar-refractivity contribution < 1.29 is 13.9 Å². The van der Waals surface area contributed by atoms with Gasteiger partial charge in [-0.1, -0.05) is 91.0 Å². The van der Waals surface area contributed by atoms with Crippen LogP contribution < -0.4 is 11.2 Å². The monoisotopic (exact) mass is 485 g/mol. The highest BCUT2D eigenvalue weighted by molar-refractivity contribution is 5.47. The van der Waals surface area contributed by atoms with Crippen molar-refractivity contribution in [1.82, 2.24) is 9.55 Å². The van der Waals surface area contributed by atoms with Gasteiger partial charge in [-0.2, -0.15) is 0 Å². The Morgan fingerprint density at radius 3 is 1.92 bits per heavy atom. The highest BCUT2D eigenvalue weighted by Gasteiger charge is 2.42. The molecule has 1 aliphatic heterocycles. The van der Waals surface area contributed by atoms with E-state index in [0.717, 1.165) is 16.7 Å².